The molecule has 2 aromatic rings. The fraction of sp³-hybridized carbons (Fsp3) is 0.412. The van der Waals surface area contributed by atoms with Crippen LogP contribution in [0.3, 0.4) is 0 Å². The predicted octanol–water partition coefficient (Wildman–Crippen LogP) is 2.49. The van der Waals surface area contributed by atoms with E-state index in [0.29, 0.717) is 18.1 Å². The summed E-state index contributed by atoms with van der Waals surface area (Å²) >= 11 is 0. The number of amides is 1. The van der Waals surface area contributed by atoms with Gasteiger partial charge in [-0.1, -0.05) is 18.2 Å². The summed E-state index contributed by atoms with van der Waals surface area (Å²) in [7, 11) is 3.24. The number of benzene rings is 1. The molecular weight excluding hydrogens is 280 g/mol. The molecule has 0 bridgehead atoms. The Bertz CT molecular complexity index is 687. The first-order chi connectivity index (χ1) is 10.7. The number of carbonyl (C=O) groups is 1. The predicted molar refractivity (Wildman–Crippen MR) is 84.2 cm³/mol. The van der Waals surface area contributed by atoms with E-state index in [4.69, 9.17) is 9.47 Å². The molecule has 0 unspecified atom stereocenters. The van der Waals surface area contributed by atoms with E-state index in [1.54, 1.807) is 20.3 Å². The molecule has 1 aromatic heterocycles. The van der Waals surface area contributed by atoms with Crippen LogP contribution in [0.5, 0.6) is 5.88 Å². The van der Waals surface area contributed by atoms with Crippen molar-refractivity contribution in [1.82, 2.24) is 9.88 Å². The number of carbonyl (C=O) groups excluding carboxylic acids is 1. The fourth-order valence-electron chi connectivity index (χ4n) is 3.06. The third kappa shape index (κ3) is 2.64. The van der Waals surface area contributed by atoms with Crippen LogP contribution in [0, 0.1) is 0 Å². The number of para-hydroxylation sites is 1. The molecular formula is C17H20N2O3. The SMILES string of the molecule is COC[C@H]1CCCN1C(=O)c1cc(OC)nc2ccccc12. The van der Waals surface area contributed by atoms with E-state index in [0.717, 1.165) is 30.3 Å². The zero-order chi connectivity index (χ0) is 15.5. The van der Waals surface area contributed by atoms with Crippen LogP contribution in [0.1, 0.15) is 23.2 Å². The van der Waals surface area contributed by atoms with Gasteiger partial charge in [-0.05, 0) is 18.9 Å². The highest BCUT2D eigenvalue weighted by Crippen LogP contribution is 2.26. The van der Waals surface area contributed by atoms with Gasteiger partial charge in [-0.2, -0.15) is 0 Å². The Kier molecular flexibility index (Phi) is 4.24. The zero-order valence-electron chi connectivity index (χ0n) is 12.9. The van der Waals surface area contributed by atoms with Crippen molar-refractivity contribution in [2.24, 2.45) is 0 Å². The third-order valence-corrected chi connectivity index (χ3v) is 4.13. The standard InChI is InChI=1S/C17H20N2O3/c1-21-11-12-6-5-9-19(12)17(20)14-10-16(22-2)18-15-8-4-3-7-13(14)15/h3-4,7-8,10,12H,5-6,9,11H2,1-2H3/t12-/m1/s1. The van der Waals surface area contributed by atoms with Crippen LogP contribution in [-0.2, 0) is 4.74 Å². The van der Waals surface area contributed by atoms with Crippen LogP contribution in [0.25, 0.3) is 10.9 Å². The van der Waals surface area contributed by atoms with Crippen LogP contribution in [0.4, 0.5) is 0 Å². The summed E-state index contributed by atoms with van der Waals surface area (Å²) < 4.78 is 10.5. The summed E-state index contributed by atoms with van der Waals surface area (Å²) in [5, 5.41) is 0.858. The number of nitrogens with zero attached hydrogens (tertiary/aromatic N) is 2. The van der Waals surface area contributed by atoms with E-state index in [1.807, 2.05) is 29.2 Å². The van der Waals surface area contributed by atoms with E-state index in [2.05, 4.69) is 4.98 Å². The molecule has 1 aliphatic heterocycles. The van der Waals surface area contributed by atoms with Crippen molar-refractivity contribution in [2.75, 3.05) is 27.4 Å². The number of rotatable bonds is 4. The average Bonchev–Trinajstić information content (AvgIpc) is 3.01. The minimum Gasteiger partial charge on any atom is -0.481 e. The lowest BCUT2D eigenvalue weighted by molar-refractivity contribution is 0.0632. The van der Waals surface area contributed by atoms with Crippen LogP contribution >= 0.6 is 0 Å². The third-order valence-electron chi connectivity index (χ3n) is 4.13. The number of likely N-dealkylation sites (tertiary alicyclic amines) is 1. The van der Waals surface area contributed by atoms with Gasteiger partial charge in [-0.25, -0.2) is 4.98 Å². The summed E-state index contributed by atoms with van der Waals surface area (Å²) in [6, 6.07) is 9.53. The number of ether oxygens (including phenoxy) is 2. The maximum Gasteiger partial charge on any atom is 0.255 e. The van der Waals surface area contributed by atoms with Crippen LogP contribution in [-0.4, -0.2) is 49.2 Å². The highest BCUT2D eigenvalue weighted by Gasteiger charge is 2.30. The largest absolute Gasteiger partial charge is 0.481 e. The molecule has 22 heavy (non-hydrogen) atoms. The van der Waals surface area contributed by atoms with Gasteiger partial charge < -0.3 is 14.4 Å². The minimum absolute atomic E-state index is 0.0245. The number of aromatic nitrogens is 1. The van der Waals surface area contributed by atoms with Crippen molar-refractivity contribution in [2.45, 2.75) is 18.9 Å². The number of fused-ring (bicyclic) bond motifs is 1. The Morgan fingerprint density at radius 3 is 2.95 bits per heavy atom. The van der Waals surface area contributed by atoms with Gasteiger partial charge in [0, 0.05) is 25.1 Å². The average molecular weight is 300 g/mol. The van der Waals surface area contributed by atoms with Gasteiger partial charge in [-0.3, -0.25) is 4.79 Å². The molecule has 0 N–H and O–H groups in total. The number of methoxy groups -OCH3 is 2. The molecule has 5 heteroatoms. The highest BCUT2D eigenvalue weighted by molar-refractivity contribution is 6.06. The van der Waals surface area contributed by atoms with Gasteiger partial charge in [0.2, 0.25) is 5.88 Å². The quantitative estimate of drug-likeness (QED) is 0.870. The van der Waals surface area contributed by atoms with Crippen LogP contribution < -0.4 is 4.74 Å². The second kappa shape index (κ2) is 6.32. The van der Waals surface area contributed by atoms with Crippen molar-refractivity contribution >= 4 is 16.8 Å². The lowest BCUT2D eigenvalue weighted by Gasteiger charge is -2.24. The smallest absolute Gasteiger partial charge is 0.255 e. The van der Waals surface area contributed by atoms with Crippen molar-refractivity contribution in [1.29, 1.82) is 0 Å². The summed E-state index contributed by atoms with van der Waals surface area (Å²) in [4.78, 5) is 19.3. The molecule has 5 nitrogen and oxygen atoms in total. The highest BCUT2D eigenvalue weighted by atomic mass is 16.5. The van der Waals surface area contributed by atoms with E-state index < -0.39 is 0 Å². The topological polar surface area (TPSA) is 51.7 Å². The van der Waals surface area contributed by atoms with Crippen molar-refractivity contribution in [3.63, 3.8) is 0 Å². The molecule has 1 saturated heterocycles. The summed E-state index contributed by atoms with van der Waals surface area (Å²) in [5.41, 5.74) is 1.41. The molecule has 1 fully saturated rings. The fourth-order valence-corrected chi connectivity index (χ4v) is 3.06. The summed E-state index contributed by atoms with van der Waals surface area (Å²) in [6.45, 7) is 1.34. The zero-order valence-corrected chi connectivity index (χ0v) is 12.9. The summed E-state index contributed by atoms with van der Waals surface area (Å²) in [6.07, 6.45) is 2.00. The van der Waals surface area contributed by atoms with E-state index >= 15 is 0 Å². The second-order valence-corrected chi connectivity index (χ2v) is 5.48. The minimum atomic E-state index is 0.0245. The Hall–Kier alpha value is -2.14. The van der Waals surface area contributed by atoms with Gasteiger partial charge in [0.15, 0.2) is 0 Å². The van der Waals surface area contributed by atoms with Gasteiger partial charge in [0.25, 0.3) is 5.91 Å². The lowest BCUT2D eigenvalue weighted by atomic mass is 10.1. The van der Waals surface area contributed by atoms with Gasteiger partial charge in [-0.15, -0.1) is 0 Å². The Morgan fingerprint density at radius 2 is 2.18 bits per heavy atom. The van der Waals surface area contributed by atoms with Crippen LogP contribution in [0.2, 0.25) is 0 Å². The maximum atomic E-state index is 13.0. The van der Waals surface area contributed by atoms with Gasteiger partial charge in [0.05, 0.1) is 30.8 Å². The van der Waals surface area contributed by atoms with Crippen molar-refractivity contribution in [3.8, 4) is 5.88 Å². The van der Waals surface area contributed by atoms with Crippen molar-refractivity contribution < 1.29 is 14.3 Å². The molecule has 3 rings (SSSR count). The maximum absolute atomic E-state index is 13.0. The molecule has 1 aliphatic rings. The van der Waals surface area contributed by atoms with E-state index in [-0.39, 0.29) is 11.9 Å². The molecule has 2 heterocycles. The second-order valence-electron chi connectivity index (χ2n) is 5.48. The first kappa shape index (κ1) is 14.8. The Morgan fingerprint density at radius 1 is 1.36 bits per heavy atom. The number of hydrogen-bond donors (Lipinski definition) is 0. The van der Waals surface area contributed by atoms with Crippen LogP contribution in [0.15, 0.2) is 30.3 Å². The lowest BCUT2D eigenvalue weighted by Crippen LogP contribution is -2.38. The Labute approximate surface area is 129 Å². The molecule has 1 amide bonds. The van der Waals surface area contributed by atoms with E-state index in [1.165, 1.54) is 0 Å². The number of hydrogen-bond acceptors (Lipinski definition) is 4. The summed E-state index contributed by atoms with van der Waals surface area (Å²) in [5.74, 6) is 0.487. The van der Waals surface area contributed by atoms with Gasteiger partial charge >= 0.3 is 0 Å². The molecule has 0 aliphatic carbocycles. The molecule has 0 saturated carbocycles. The number of pyridine rings is 1. The molecule has 116 valence electrons. The molecule has 1 aromatic carbocycles. The normalized spacial score (nSPS) is 17.9. The monoisotopic (exact) mass is 300 g/mol. The molecule has 0 spiro atoms. The van der Waals surface area contributed by atoms with E-state index in [9.17, 15) is 4.79 Å². The Balaban J connectivity index is 2.03. The van der Waals surface area contributed by atoms with Gasteiger partial charge in [0.1, 0.15) is 0 Å². The molecule has 0 radical (unpaired) electrons. The van der Waals surface area contributed by atoms with Crippen molar-refractivity contribution in [3.05, 3.63) is 35.9 Å². The first-order valence-electron chi connectivity index (χ1n) is 7.48. The first-order valence-corrected chi connectivity index (χ1v) is 7.48. The molecule has 1 atom stereocenters.